The number of aromatic amines is 1. The minimum absolute atomic E-state index is 0.0157. The van der Waals surface area contributed by atoms with E-state index in [1.165, 1.54) is 0 Å². The first kappa shape index (κ1) is 16.6. The summed E-state index contributed by atoms with van der Waals surface area (Å²) in [5.74, 6) is -0.0157. The van der Waals surface area contributed by atoms with E-state index < -0.39 is 0 Å². The lowest BCUT2D eigenvalue weighted by atomic mass is 10.0. The van der Waals surface area contributed by atoms with Gasteiger partial charge in [0.15, 0.2) is 5.78 Å². The number of carbonyl (C=O) groups excluding carboxylic acids is 1. The number of pyridine rings is 1. The van der Waals surface area contributed by atoms with Gasteiger partial charge in [-0.2, -0.15) is 0 Å². The van der Waals surface area contributed by atoms with Crippen LogP contribution in [0.4, 0.5) is 4.39 Å². The van der Waals surface area contributed by atoms with E-state index in [0.29, 0.717) is 29.4 Å². The van der Waals surface area contributed by atoms with Crippen molar-refractivity contribution in [3.8, 4) is 11.3 Å². The van der Waals surface area contributed by atoms with E-state index >= 15 is 0 Å². The van der Waals surface area contributed by atoms with E-state index in [9.17, 15) is 14.0 Å². The molecule has 1 N–H and O–H groups in total. The van der Waals surface area contributed by atoms with Crippen LogP contribution in [0.15, 0.2) is 53.3 Å². The molecule has 1 aliphatic rings. The van der Waals surface area contributed by atoms with Crippen LogP contribution in [0, 0.1) is 0 Å². The third-order valence-electron chi connectivity index (χ3n) is 3.60. The molecule has 1 aliphatic carbocycles. The zero-order chi connectivity index (χ0) is 17.0. The van der Waals surface area contributed by atoms with Gasteiger partial charge in [0.25, 0.3) is 5.56 Å². The molecule has 1 heterocycles. The molecule has 0 bridgehead atoms. The Morgan fingerprint density at radius 1 is 0.783 bits per heavy atom. The van der Waals surface area contributed by atoms with Gasteiger partial charge in [0.05, 0.1) is 18.4 Å². The zero-order valence-electron chi connectivity index (χ0n) is 13.3. The molecule has 0 fully saturated rings. The molecular formula is C19H18FNO2. The Bertz CT molecular complexity index is 913. The van der Waals surface area contributed by atoms with Crippen molar-refractivity contribution in [3.05, 3.63) is 70.0 Å². The molecule has 4 heteroatoms. The van der Waals surface area contributed by atoms with E-state index in [4.69, 9.17) is 0 Å². The van der Waals surface area contributed by atoms with Gasteiger partial charge in [0.2, 0.25) is 0 Å². The molecule has 1 aromatic heterocycles. The Labute approximate surface area is 133 Å². The Kier molecular flexibility index (Phi) is 5.06. The van der Waals surface area contributed by atoms with Gasteiger partial charge in [-0.1, -0.05) is 56.3 Å². The molecule has 2 aromatic carbocycles. The number of alkyl halides is 1. The van der Waals surface area contributed by atoms with E-state index in [0.717, 1.165) is 10.9 Å². The van der Waals surface area contributed by atoms with Gasteiger partial charge in [-0.25, -0.2) is 0 Å². The molecule has 0 radical (unpaired) electrons. The number of aromatic nitrogens is 1. The van der Waals surface area contributed by atoms with Gasteiger partial charge in [0.1, 0.15) is 0 Å². The van der Waals surface area contributed by atoms with E-state index in [-0.39, 0.29) is 11.3 Å². The first-order valence-electron chi connectivity index (χ1n) is 7.44. The lowest BCUT2D eigenvalue weighted by molar-refractivity contribution is 0.104. The molecule has 0 saturated heterocycles. The van der Waals surface area contributed by atoms with Crippen molar-refractivity contribution in [2.45, 2.75) is 13.8 Å². The molecule has 0 amide bonds. The standard InChI is InChI=1S/C16H9NO2.C2H6.CH3F/c18-15-11-7-3-2-6-10(11)14-13(15)9-5-1-4-8-12(9)16(19)17-14;2*1-2/h1-8H,(H,17,19);1-2H3;1H3. The molecule has 3 aromatic rings. The second kappa shape index (κ2) is 7.01. The summed E-state index contributed by atoms with van der Waals surface area (Å²) >= 11 is 0. The summed E-state index contributed by atoms with van der Waals surface area (Å²) in [5, 5.41) is 1.28. The maximum absolute atomic E-state index is 12.5. The molecule has 0 atom stereocenters. The quantitative estimate of drug-likeness (QED) is 0.525. The number of ketones is 1. The van der Waals surface area contributed by atoms with Crippen molar-refractivity contribution >= 4 is 16.6 Å². The molecule has 23 heavy (non-hydrogen) atoms. The first-order valence-corrected chi connectivity index (χ1v) is 7.44. The lowest BCUT2D eigenvalue weighted by Crippen LogP contribution is -2.09. The van der Waals surface area contributed by atoms with Crippen molar-refractivity contribution in [3.63, 3.8) is 0 Å². The highest BCUT2D eigenvalue weighted by atomic mass is 19.1. The Morgan fingerprint density at radius 2 is 1.30 bits per heavy atom. The van der Waals surface area contributed by atoms with Gasteiger partial charge < -0.3 is 4.98 Å². The van der Waals surface area contributed by atoms with Crippen molar-refractivity contribution in [1.29, 1.82) is 0 Å². The maximum Gasteiger partial charge on any atom is 0.256 e. The number of rotatable bonds is 0. The summed E-state index contributed by atoms with van der Waals surface area (Å²) in [6.07, 6.45) is 0. The Hall–Kier alpha value is -2.75. The van der Waals surface area contributed by atoms with Crippen LogP contribution in [0.2, 0.25) is 0 Å². The number of nitrogens with one attached hydrogen (secondary N) is 1. The highest BCUT2D eigenvalue weighted by molar-refractivity contribution is 6.26. The second-order valence-electron chi connectivity index (χ2n) is 4.62. The van der Waals surface area contributed by atoms with Gasteiger partial charge in [-0.05, 0) is 6.07 Å². The molecule has 0 spiro atoms. The van der Waals surface area contributed by atoms with Gasteiger partial charge in [-0.15, -0.1) is 0 Å². The highest BCUT2D eigenvalue weighted by Crippen LogP contribution is 2.37. The van der Waals surface area contributed by atoms with Crippen LogP contribution in [0.1, 0.15) is 29.8 Å². The molecule has 0 saturated carbocycles. The molecule has 0 unspecified atom stereocenters. The summed E-state index contributed by atoms with van der Waals surface area (Å²) in [6.45, 7) is 4.00. The van der Waals surface area contributed by atoms with Gasteiger partial charge >= 0.3 is 0 Å². The van der Waals surface area contributed by atoms with Crippen LogP contribution in [0.5, 0.6) is 0 Å². The molecule has 0 aliphatic heterocycles. The number of H-pyrrole nitrogens is 1. The van der Waals surface area contributed by atoms with Crippen LogP contribution >= 0.6 is 0 Å². The fraction of sp³-hybridized carbons (Fsp3) is 0.158. The van der Waals surface area contributed by atoms with E-state index in [1.807, 2.05) is 44.2 Å². The monoisotopic (exact) mass is 311 g/mol. The number of hydrogen-bond donors (Lipinski definition) is 1. The van der Waals surface area contributed by atoms with Crippen LogP contribution in [-0.4, -0.2) is 17.9 Å². The SMILES string of the molecule is CC.CF.O=C1c2ccccc2-c2[nH]c(=O)c3ccccc3c21. The topological polar surface area (TPSA) is 49.9 Å². The fourth-order valence-electron chi connectivity index (χ4n) is 2.75. The normalized spacial score (nSPS) is 10.9. The Balaban J connectivity index is 0.000000448. The summed E-state index contributed by atoms with van der Waals surface area (Å²) in [6, 6.07) is 14.6. The van der Waals surface area contributed by atoms with E-state index in [2.05, 4.69) is 4.98 Å². The minimum atomic E-state index is -0.154. The summed E-state index contributed by atoms with van der Waals surface area (Å²) in [4.78, 5) is 27.4. The molecular weight excluding hydrogens is 293 g/mol. The number of fused-ring (bicyclic) bond motifs is 5. The number of hydrogen-bond acceptors (Lipinski definition) is 2. The third kappa shape index (κ3) is 2.57. The summed E-state index contributed by atoms with van der Waals surface area (Å²) in [5.41, 5.74) is 2.56. The molecule has 118 valence electrons. The third-order valence-corrected chi connectivity index (χ3v) is 3.60. The molecule has 3 nitrogen and oxygen atoms in total. The van der Waals surface area contributed by atoms with Crippen LogP contribution in [0.3, 0.4) is 0 Å². The smallest absolute Gasteiger partial charge is 0.256 e. The number of benzene rings is 2. The van der Waals surface area contributed by atoms with Crippen molar-refractivity contribution < 1.29 is 9.18 Å². The number of halogens is 1. The highest BCUT2D eigenvalue weighted by Gasteiger charge is 2.29. The Morgan fingerprint density at radius 3 is 1.96 bits per heavy atom. The number of carbonyl (C=O) groups is 1. The predicted molar refractivity (Wildman–Crippen MR) is 91.8 cm³/mol. The van der Waals surface area contributed by atoms with E-state index in [1.54, 1.807) is 18.2 Å². The minimum Gasteiger partial charge on any atom is -0.321 e. The first-order chi connectivity index (χ1) is 11.3. The van der Waals surface area contributed by atoms with Crippen LogP contribution in [-0.2, 0) is 0 Å². The summed E-state index contributed by atoms with van der Waals surface area (Å²) in [7, 11) is 0.500. The van der Waals surface area contributed by atoms with Crippen molar-refractivity contribution in [1.82, 2.24) is 4.98 Å². The fourth-order valence-corrected chi connectivity index (χ4v) is 2.75. The molecule has 4 rings (SSSR count). The van der Waals surface area contributed by atoms with Crippen molar-refractivity contribution in [2.75, 3.05) is 7.18 Å². The predicted octanol–water partition coefficient (Wildman–Crippen LogP) is 4.35. The largest absolute Gasteiger partial charge is 0.321 e. The summed E-state index contributed by atoms with van der Waals surface area (Å²) < 4.78 is 9.50. The van der Waals surface area contributed by atoms with Crippen LogP contribution in [0.25, 0.3) is 22.0 Å². The average Bonchev–Trinajstić information content (AvgIpc) is 2.92. The van der Waals surface area contributed by atoms with Gasteiger partial charge in [-0.3, -0.25) is 14.0 Å². The second-order valence-corrected chi connectivity index (χ2v) is 4.62. The van der Waals surface area contributed by atoms with Crippen LogP contribution < -0.4 is 5.56 Å². The zero-order valence-corrected chi connectivity index (χ0v) is 13.3. The van der Waals surface area contributed by atoms with Gasteiger partial charge in [0, 0.05) is 21.9 Å². The van der Waals surface area contributed by atoms with Crippen molar-refractivity contribution in [2.24, 2.45) is 0 Å². The average molecular weight is 311 g/mol. The maximum atomic E-state index is 12.5. The lowest BCUT2D eigenvalue weighted by Gasteiger charge is -2.03.